The third-order valence-corrected chi connectivity index (χ3v) is 1.54. The molecular formula is C7H17N3O. The van der Waals surface area contributed by atoms with E-state index < -0.39 is 6.10 Å². The number of rotatable bonds is 5. The highest BCUT2D eigenvalue weighted by molar-refractivity contribution is 5.01. The summed E-state index contributed by atoms with van der Waals surface area (Å²) < 4.78 is 0. The zero-order chi connectivity index (χ0) is 8.69. The van der Waals surface area contributed by atoms with Gasteiger partial charge in [0.15, 0.2) is 0 Å². The lowest BCUT2D eigenvalue weighted by Crippen LogP contribution is -2.30. The van der Waals surface area contributed by atoms with Gasteiger partial charge in [-0.25, -0.2) is 0 Å². The molecule has 0 aliphatic rings. The molecule has 0 aliphatic heterocycles. The first-order chi connectivity index (χ1) is 5.26. The normalized spacial score (nSPS) is 14.6. The molecule has 0 spiro atoms. The highest BCUT2D eigenvalue weighted by Gasteiger charge is 2.07. The van der Waals surface area contributed by atoms with E-state index in [2.05, 4.69) is 12.3 Å². The van der Waals surface area contributed by atoms with Gasteiger partial charge in [0.1, 0.15) is 0 Å². The summed E-state index contributed by atoms with van der Waals surface area (Å²) in [5.41, 5.74) is 8.02. The molecule has 4 nitrogen and oxygen atoms in total. The zero-order valence-corrected chi connectivity index (χ0v) is 6.88. The van der Waals surface area contributed by atoms with E-state index in [0.717, 1.165) is 12.8 Å². The Morgan fingerprint density at radius 1 is 1.73 bits per heavy atom. The highest BCUT2D eigenvalue weighted by atomic mass is 16.3. The average Bonchev–Trinajstić information content (AvgIpc) is 2.03. The van der Waals surface area contributed by atoms with E-state index in [4.69, 9.17) is 11.6 Å². The molecular weight excluding hydrogens is 142 g/mol. The second kappa shape index (κ2) is 6.00. The van der Waals surface area contributed by atoms with Crippen molar-refractivity contribution >= 4 is 0 Å². The fraction of sp³-hybridized carbons (Fsp3) is 0.714. The maximum atomic E-state index is 9.35. The Morgan fingerprint density at radius 2 is 2.36 bits per heavy atom. The average molecular weight is 159 g/mol. The summed E-state index contributed by atoms with van der Waals surface area (Å²) in [6.07, 6.45) is 3.47. The minimum Gasteiger partial charge on any atom is -0.403 e. The van der Waals surface area contributed by atoms with E-state index in [1.807, 2.05) is 0 Å². The van der Waals surface area contributed by atoms with Crippen molar-refractivity contribution in [3.8, 4) is 0 Å². The Hall–Kier alpha value is -0.740. The molecule has 0 heterocycles. The Morgan fingerprint density at radius 3 is 2.73 bits per heavy atom. The number of hydrogen-bond acceptors (Lipinski definition) is 4. The zero-order valence-electron chi connectivity index (χ0n) is 6.88. The van der Waals surface area contributed by atoms with E-state index in [9.17, 15) is 5.11 Å². The topological polar surface area (TPSA) is 84.3 Å². The van der Waals surface area contributed by atoms with Crippen LogP contribution in [-0.2, 0) is 0 Å². The summed E-state index contributed by atoms with van der Waals surface area (Å²) in [6.45, 7) is 2.06. The van der Waals surface area contributed by atoms with Gasteiger partial charge in [0.05, 0.1) is 11.8 Å². The molecule has 0 saturated carbocycles. The Kier molecular flexibility index (Phi) is 5.60. The van der Waals surface area contributed by atoms with Gasteiger partial charge in [-0.05, 0) is 6.42 Å². The van der Waals surface area contributed by atoms with Gasteiger partial charge < -0.3 is 16.3 Å². The maximum Gasteiger partial charge on any atom is 0.0962 e. The summed E-state index contributed by atoms with van der Waals surface area (Å²) in [6, 6.07) is 0. The second-order valence-electron chi connectivity index (χ2n) is 2.42. The van der Waals surface area contributed by atoms with Crippen LogP contribution < -0.4 is 17.0 Å². The number of hydrazine groups is 1. The molecule has 0 aliphatic carbocycles. The molecule has 4 heteroatoms. The van der Waals surface area contributed by atoms with E-state index in [1.54, 1.807) is 0 Å². The molecule has 0 rings (SSSR count). The maximum absolute atomic E-state index is 9.35. The molecule has 1 unspecified atom stereocenters. The van der Waals surface area contributed by atoms with Gasteiger partial charge >= 0.3 is 0 Å². The van der Waals surface area contributed by atoms with Crippen LogP contribution in [0.1, 0.15) is 26.2 Å². The number of unbranched alkanes of at least 4 members (excludes halogenated alkanes) is 1. The van der Waals surface area contributed by atoms with Crippen LogP contribution in [0.3, 0.4) is 0 Å². The quantitative estimate of drug-likeness (QED) is 0.330. The van der Waals surface area contributed by atoms with Gasteiger partial charge in [0, 0.05) is 6.20 Å². The molecule has 0 bridgehead atoms. The van der Waals surface area contributed by atoms with Crippen molar-refractivity contribution < 1.29 is 5.11 Å². The molecule has 11 heavy (non-hydrogen) atoms. The Labute approximate surface area is 67.2 Å². The number of nitrogens with two attached hydrogens (primary N) is 2. The van der Waals surface area contributed by atoms with Gasteiger partial charge in [-0.1, -0.05) is 19.8 Å². The highest BCUT2D eigenvalue weighted by Crippen LogP contribution is 2.05. The fourth-order valence-electron chi connectivity index (χ4n) is 0.808. The van der Waals surface area contributed by atoms with Crippen LogP contribution in [0, 0.1) is 0 Å². The van der Waals surface area contributed by atoms with Crippen LogP contribution in [-0.4, -0.2) is 11.2 Å². The van der Waals surface area contributed by atoms with Crippen LogP contribution in [0.15, 0.2) is 11.9 Å². The molecule has 6 N–H and O–H groups in total. The van der Waals surface area contributed by atoms with Crippen molar-refractivity contribution in [2.24, 2.45) is 11.6 Å². The minimum atomic E-state index is -0.551. The van der Waals surface area contributed by atoms with Gasteiger partial charge in [0.25, 0.3) is 0 Å². The van der Waals surface area contributed by atoms with Crippen LogP contribution in [0.5, 0.6) is 0 Å². The van der Waals surface area contributed by atoms with E-state index in [-0.39, 0.29) is 0 Å². The second-order valence-corrected chi connectivity index (χ2v) is 2.42. The van der Waals surface area contributed by atoms with Crippen molar-refractivity contribution in [3.63, 3.8) is 0 Å². The van der Waals surface area contributed by atoms with Gasteiger partial charge in [-0.3, -0.25) is 5.84 Å². The van der Waals surface area contributed by atoms with Crippen molar-refractivity contribution in [1.29, 1.82) is 0 Å². The number of aliphatic hydroxyl groups is 1. The van der Waals surface area contributed by atoms with Crippen molar-refractivity contribution in [3.05, 3.63) is 11.9 Å². The van der Waals surface area contributed by atoms with Crippen LogP contribution in [0.2, 0.25) is 0 Å². The van der Waals surface area contributed by atoms with Gasteiger partial charge in [-0.15, -0.1) is 0 Å². The third kappa shape index (κ3) is 3.85. The number of hydrogen-bond donors (Lipinski definition) is 4. The lowest BCUT2D eigenvalue weighted by Gasteiger charge is -2.12. The van der Waals surface area contributed by atoms with Crippen LogP contribution in [0.4, 0.5) is 0 Å². The lowest BCUT2D eigenvalue weighted by atomic mass is 10.1. The first-order valence-electron chi connectivity index (χ1n) is 3.82. The number of nitrogens with one attached hydrogen (secondary N) is 1. The SMILES string of the molecule is CCCCC(O)/C(=C/N)NN. The number of aliphatic hydroxyl groups excluding tert-OH is 1. The Balaban J connectivity index is 3.70. The fourth-order valence-corrected chi connectivity index (χ4v) is 0.808. The molecule has 0 saturated heterocycles. The molecule has 0 aromatic heterocycles. The molecule has 1 atom stereocenters. The van der Waals surface area contributed by atoms with Crippen LogP contribution >= 0.6 is 0 Å². The summed E-state index contributed by atoms with van der Waals surface area (Å²) in [7, 11) is 0. The monoisotopic (exact) mass is 159 g/mol. The third-order valence-electron chi connectivity index (χ3n) is 1.54. The van der Waals surface area contributed by atoms with Gasteiger partial charge in [0.2, 0.25) is 0 Å². The minimum absolute atomic E-state index is 0.485. The van der Waals surface area contributed by atoms with Gasteiger partial charge in [-0.2, -0.15) is 0 Å². The predicted octanol–water partition coefficient (Wildman–Crippen LogP) is -0.199. The van der Waals surface area contributed by atoms with E-state index in [0.29, 0.717) is 12.1 Å². The summed E-state index contributed by atoms with van der Waals surface area (Å²) in [5.74, 6) is 5.10. The summed E-state index contributed by atoms with van der Waals surface area (Å²) >= 11 is 0. The van der Waals surface area contributed by atoms with E-state index >= 15 is 0 Å². The first kappa shape index (κ1) is 10.3. The molecule has 0 amide bonds. The molecule has 66 valence electrons. The van der Waals surface area contributed by atoms with Crippen molar-refractivity contribution in [2.75, 3.05) is 0 Å². The molecule has 0 aromatic rings. The largest absolute Gasteiger partial charge is 0.403 e. The van der Waals surface area contributed by atoms with Crippen molar-refractivity contribution in [2.45, 2.75) is 32.3 Å². The lowest BCUT2D eigenvalue weighted by molar-refractivity contribution is 0.188. The van der Waals surface area contributed by atoms with Crippen LogP contribution in [0.25, 0.3) is 0 Å². The summed E-state index contributed by atoms with van der Waals surface area (Å²) in [5, 5.41) is 9.35. The van der Waals surface area contributed by atoms with E-state index in [1.165, 1.54) is 6.20 Å². The molecule has 0 fully saturated rings. The molecule has 0 radical (unpaired) electrons. The Bertz CT molecular complexity index is 125. The summed E-state index contributed by atoms with van der Waals surface area (Å²) in [4.78, 5) is 0. The van der Waals surface area contributed by atoms with Crippen molar-refractivity contribution in [1.82, 2.24) is 5.43 Å². The standard InChI is InChI=1S/C7H17N3O/c1-2-3-4-7(11)6(5-8)10-9/h5,7,10-11H,2-4,8-9H2,1H3/b6-5-. The smallest absolute Gasteiger partial charge is 0.0962 e. The molecule has 0 aromatic carbocycles. The predicted molar refractivity (Wildman–Crippen MR) is 45.1 cm³/mol. The first-order valence-corrected chi connectivity index (χ1v) is 3.82.